The van der Waals surface area contributed by atoms with Crippen LogP contribution in [-0.4, -0.2) is 15.8 Å². The van der Waals surface area contributed by atoms with E-state index in [9.17, 15) is 0 Å². The largest absolute Gasteiger partial charge is 0.367 e. The van der Waals surface area contributed by atoms with Crippen molar-refractivity contribution in [3.05, 3.63) is 53.6 Å². The van der Waals surface area contributed by atoms with Crippen molar-refractivity contribution < 1.29 is 0 Å². The molecule has 1 fully saturated rings. The zero-order valence-electron chi connectivity index (χ0n) is 11.6. The lowest BCUT2D eigenvalue weighted by molar-refractivity contribution is 0.443. The van der Waals surface area contributed by atoms with Crippen LogP contribution in [0.4, 0.5) is 5.82 Å². The molecule has 1 aliphatic carbocycles. The maximum atomic E-state index is 5.99. The van der Waals surface area contributed by atoms with E-state index in [-0.39, 0.29) is 0 Å². The van der Waals surface area contributed by atoms with Gasteiger partial charge in [-0.15, -0.1) is 0 Å². The van der Waals surface area contributed by atoms with Crippen molar-refractivity contribution in [3.63, 3.8) is 0 Å². The molecule has 0 radical (unpaired) electrons. The van der Waals surface area contributed by atoms with E-state index in [2.05, 4.69) is 17.4 Å². The van der Waals surface area contributed by atoms with Gasteiger partial charge in [0.25, 0.3) is 0 Å². The molecule has 0 aliphatic heterocycles. The van der Waals surface area contributed by atoms with Gasteiger partial charge >= 0.3 is 0 Å². The second-order valence-electron chi connectivity index (χ2n) is 5.53. The minimum absolute atomic E-state index is 0.566. The van der Waals surface area contributed by atoms with Crippen molar-refractivity contribution in [1.82, 2.24) is 9.78 Å². The van der Waals surface area contributed by atoms with Gasteiger partial charge in [0.2, 0.25) is 0 Å². The molecule has 106 valence electrons. The Bertz CT molecular complexity index is 772. The van der Waals surface area contributed by atoms with Crippen molar-refractivity contribution in [2.45, 2.75) is 25.3 Å². The maximum Gasteiger partial charge on any atom is 0.137 e. The number of hydrogen-bond donors (Lipinski definition) is 1. The number of aromatic nitrogens is 2. The highest BCUT2D eigenvalue weighted by atomic mass is 35.5. The number of anilines is 1. The molecule has 2 aromatic carbocycles. The van der Waals surface area contributed by atoms with Gasteiger partial charge in [-0.25, -0.2) is 4.68 Å². The summed E-state index contributed by atoms with van der Waals surface area (Å²) in [6, 6.07) is 16.6. The van der Waals surface area contributed by atoms with E-state index in [0.717, 1.165) is 22.0 Å². The zero-order valence-corrected chi connectivity index (χ0v) is 12.3. The summed E-state index contributed by atoms with van der Waals surface area (Å²) in [6.07, 6.45) is 3.78. The first-order valence-corrected chi connectivity index (χ1v) is 7.69. The van der Waals surface area contributed by atoms with Crippen LogP contribution in [0.3, 0.4) is 0 Å². The first-order chi connectivity index (χ1) is 10.3. The molecule has 1 N–H and O–H groups in total. The fourth-order valence-electron chi connectivity index (χ4n) is 2.69. The number of fused-ring (bicyclic) bond motifs is 1. The van der Waals surface area contributed by atoms with Gasteiger partial charge in [-0.3, -0.25) is 0 Å². The van der Waals surface area contributed by atoms with Crippen LogP contribution < -0.4 is 5.32 Å². The van der Waals surface area contributed by atoms with Crippen LogP contribution in [0.2, 0.25) is 5.02 Å². The summed E-state index contributed by atoms with van der Waals surface area (Å²) >= 11 is 5.99. The second-order valence-corrected chi connectivity index (χ2v) is 5.96. The second kappa shape index (κ2) is 5.08. The molecule has 1 aromatic heterocycles. The molecular formula is C17H16ClN3. The predicted molar refractivity (Wildman–Crippen MR) is 87.3 cm³/mol. The average Bonchev–Trinajstić information content (AvgIpc) is 2.82. The summed E-state index contributed by atoms with van der Waals surface area (Å²) in [5.41, 5.74) is 2.03. The van der Waals surface area contributed by atoms with Crippen LogP contribution >= 0.6 is 11.6 Å². The van der Waals surface area contributed by atoms with E-state index in [1.165, 1.54) is 24.6 Å². The topological polar surface area (TPSA) is 29.9 Å². The number of nitrogens with one attached hydrogen (secondary N) is 1. The molecule has 0 bridgehead atoms. The van der Waals surface area contributed by atoms with E-state index >= 15 is 0 Å². The quantitative estimate of drug-likeness (QED) is 0.763. The van der Waals surface area contributed by atoms with Crippen LogP contribution in [0.5, 0.6) is 0 Å². The lowest BCUT2D eigenvalue weighted by Gasteiger charge is -2.27. The molecule has 0 spiro atoms. The molecule has 0 saturated heterocycles. The molecule has 3 nitrogen and oxygen atoms in total. The minimum Gasteiger partial charge on any atom is -0.367 e. The summed E-state index contributed by atoms with van der Waals surface area (Å²) in [6.45, 7) is 0. The first-order valence-electron chi connectivity index (χ1n) is 7.31. The fourth-order valence-corrected chi connectivity index (χ4v) is 2.81. The summed E-state index contributed by atoms with van der Waals surface area (Å²) in [5, 5.41) is 10.3. The van der Waals surface area contributed by atoms with Crippen LogP contribution in [0.1, 0.15) is 19.3 Å². The zero-order chi connectivity index (χ0) is 14.2. The van der Waals surface area contributed by atoms with Crippen molar-refractivity contribution in [3.8, 4) is 5.69 Å². The fraction of sp³-hybridized carbons (Fsp3) is 0.235. The van der Waals surface area contributed by atoms with Crippen molar-refractivity contribution in [2.75, 3.05) is 5.32 Å². The van der Waals surface area contributed by atoms with E-state index in [4.69, 9.17) is 16.7 Å². The monoisotopic (exact) mass is 297 g/mol. The Kier molecular flexibility index (Phi) is 3.08. The van der Waals surface area contributed by atoms with Crippen LogP contribution in [-0.2, 0) is 0 Å². The van der Waals surface area contributed by atoms with Crippen LogP contribution in [0.25, 0.3) is 16.6 Å². The van der Waals surface area contributed by atoms with E-state index < -0.39 is 0 Å². The Hall–Kier alpha value is -2.00. The molecule has 1 heterocycles. The number of benzene rings is 2. The molecule has 4 rings (SSSR count). The Labute approximate surface area is 128 Å². The highest BCUT2D eigenvalue weighted by Gasteiger charge is 2.21. The minimum atomic E-state index is 0.566. The molecular weight excluding hydrogens is 282 g/mol. The Morgan fingerprint density at radius 1 is 1.05 bits per heavy atom. The van der Waals surface area contributed by atoms with Gasteiger partial charge in [0, 0.05) is 16.5 Å². The van der Waals surface area contributed by atoms with Gasteiger partial charge in [-0.05, 0) is 55.7 Å². The van der Waals surface area contributed by atoms with Gasteiger partial charge in [0.1, 0.15) is 5.82 Å². The van der Waals surface area contributed by atoms with Gasteiger partial charge in [-0.1, -0.05) is 23.7 Å². The average molecular weight is 298 g/mol. The smallest absolute Gasteiger partial charge is 0.137 e. The van der Waals surface area contributed by atoms with Crippen LogP contribution in [0.15, 0.2) is 48.5 Å². The normalized spacial score (nSPS) is 15.1. The third-order valence-corrected chi connectivity index (χ3v) is 4.35. The summed E-state index contributed by atoms with van der Waals surface area (Å²) in [4.78, 5) is 0. The lowest BCUT2D eigenvalue weighted by Crippen LogP contribution is -2.28. The summed E-state index contributed by atoms with van der Waals surface area (Å²) < 4.78 is 1.99. The van der Waals surface area contributed by atoms with E-state index in [1.807, 2.05) is 41.1 Å². The number of halogens is 1. The summed E-state index contributed by atoms with van der Waals surface area (Å²) in [7, 11) is 0. The molecule has 0 unspecified atom stereocenters. The Morgan fingerprint density at radius 3 is 2.52 bits per heavy atom. The highest BCUT2D eigenvalue weighted by molar-refractivity contribution is 6.30. The third-order valence-electron chi connectivity index (χ3n) is 4.10. The standard InChI is InChI=1S/C17H16ClN3/c18-12-8-10-14(11-9-12)21-17(19-13-4-3-5-13)15-6-1-2-7-16(15)20-21/h1-2,6-11,13,19H,3-5H2. The maximum absolute atomic E-state index is 5.99. The molecule has 3 aromatic rings. The SMILES string of the molecule is Clc1ccc(-n2nc3ccccc3c2NC2CCC2)cc1. The van der Waals surface area contributed by atoms with E-state index in [1.54, 1.807) is 0 Å². The number of rotatable bonds is 3. The molecule has 1 aliphatic rings. The van der Waals surface area contributed by atoms with Gasteiger partial charge in [0.15, 0.2) is 0 Å². The van der Waals surface area contributed by atoms with Crippen LogP contribution in [0, 0.1) is 0 Å². The van der Waals surface area contributed by atoms with Gasteiger partial charge in [0.05, 0.1) is 11.2 Å². The van der Waals surface area contributed by atoms with Gasteiger partial charge in [-0.2, -0.15) is 5.10 Å². The number of hydrogen-bond acceptors (Lipinski definition) is 2. The third kappa shape index (κ3) is 2.28. The van der Waals surface area contributed by atoms with Crippen molar-refractivity contribution >= 4 is 28.3 Å². The molecule has 0 amide bonds. The summed E-state index contributed by atoms with van der Waals surface area (Å²) in [5.74, 6) is 1.08. The number of nitrogens with zero attached hydrogens (tertiary/aromatic N) is 2. The van der Waals surface area contributed by atoms with E-state index in [0.29, 0.717) is 6.04 Å². The molecule has 1 saturated carbocycles. The van der Waals surface area contributed by atoms with Gasteiger partial charge < -0.3 is 5.32 Å². The Balaban J connectivity index is 1.85. The highest BCUT2D eigenvalue weighted by Crippen LogP contribution is 2.31. The Morgan fingerprint density at radius 2 is 1.81 bits per heavy atom. The van der Waals surface area contributed by atoms with Crippen molar-refractivity contribution in [2.24, 2.45) is 0 Å². The van der Waals surface area contributed by atoms with Crippen molar-refractivity contribution in [1.29, 1.82) is 0 Å². The predicted octanol–water partition coefficient (Wildman–Crippen LogP) is 4.64. The molecule has 4 heteroatoms. The lowest BCUT2D eigenvalue weighted by atomic mass is 9.93. The molecule has 0 atom stereocenters. The molecule has 21 heavy (non-hydrogen) atoms. The first kappa shape index (κ1) is 12.7.